The summed E-state index contributed by atoms with van der Waals surface area (Å²) in [5.74, 6) is 1.61. The standard InChI is InChI=1S/C15H12N2O2S2/c16-9-1-3-11-14(7-9)21-15(17-11)20-10-2-4-12-13(8-10)19-6-5-18-12/h1-4,7-8H,5-6,16H2. The van der Waals surface area contributed by atoms with E-state index in [0.29, 0.717) is 13.2 Å². The zero-order chi connectivity index (χ0) is 14.2. The van der Waals surface area contributed by atoms with Gasteiger partial charge in [-0.2, -0.15) is 0 Å². The average Bonchev–Trinajstić information content (AvgIpc) is 2.88. The van der Waals surface area contributed by atoms with Gasteiger partial charge in [-0.05, 0) is 36.4 Å². The summed E-state index contributed by atoms with van der Waals surface area (Å²) in [6.07, 6.45) is 0. The van der Waals surface area contributed by atoms with Gasteiger partial charge in [0.1, 0.15) is 13.2 Å². The van der Waals surface area contributed by atoms with E-state index < -0.39 is 0 Å². The molecule has 2 N–H and O–H groups in total. The molecule has 6 heteroatoms. The SMILES string of the molecule is Nc1ccc2nc(Sc3ccc4c(c3)OCCO4)sc2c1. The Labute approximate surface area is 129 Å². The van der Waals surface area contributed by atoms with Crippen LogP contribution < -0.4 is 15.2 Å². The average molecular weight is 316 g/mol. The Morgan fingerprint density at radius 3 is 2.81 bits per heavy atom. The summed E-state index contributed by atoms with van der Waals surface area (Å²) in [6.45, 7) is 1.21. The van der Waals surface area contributed by atoms with Crippen LogP contribution in [0.2, 0.25) is 0 Å². The van der Waals surface area contributed by atoms with Crippen LogP contribution >= 0.6 is 23.1 Å². The highest BCUT2D eigenvalue weighted by Crippen LogP contribution is 2.39. The lowest BCUT2D eigenvalue weighted by Gasteiger charge is -2.18. The van der Waals surface area contributed by atoms with Gasteiger partial charge in [0.05, 0.1) is 10.2 Å². The zero-order valence-corrected chi connectivity index (χ0v) is 12.7. The number of nitrogens with two attached hydrogens (primary N) is 1. The van der Waals surface area contributed by atoms with Crippen molar-refractivity contribution in [2.45, 2.75) is 9.24 Å². The smallest absolute Gasteiger partial charge is 0.162 e. The minimum absolute atomic E-state index is 0.599. The Kier molecular flexibility index (Phi) is 3.12. The fourth-order valence-corrected chi connectivity index (χ4v) is 4.27. The molecule has 0 fully saturated rings. The first-order chi connectivity index (χ1) is 10.3. The van der Waals surface area contributed by atoms with Gasteiger partial charge >= 0.3 is 0 Å². The highest BCUT2D eigenvalue weighted by atomic mass is 32.2. The summed E-state index contributed by atoms with van der Waals surface area (Å²) in [5, 5.41) is 0. The van der Waals surface area contributed by atoms with Gasteiger partial charge in [0.15, 0.2) is 15.8 Å². The second-order valence-corrected chi connectivity index (χ2v) is 6.97. The summed E-state index contributed by atoms with van der Waals surface area (Å²) in [7, 11) is 0. The molecule has 1 aliphatic rings. The van der Waals surface area contributed by atoms with E-state index in [-0.39, 0.29) is 0 Å². The first-order valence-corrected chi connectivity index (χ1v) is 8.15. The molecular weight excluding hydrogens is 304 g/mol. The summed E-state index contributed by atoms with van der Waals surface area (Å²) in [6, 6.07) is 11.8. The number of ether oxygens (including phenoxy) is 2. The molecule has 0 atom stereocenters. The normalized spacial score (nSPS) is 13.5. The van der Waals surface area contributed by atoms with Crippen molar-refractivity contribution in [3.63, 3.8) is 0 Å². The van der Waals surface area contributed by atoms with Crippen molar-refractivity contribution < 1.29 is 9.47 Å². The number of aromatic nitrogens is 1. The van der Waals surface area contributed by atoms with Crippen LogP contribution in [-0.4, -0.2) is 18.2 Å². The molecule has 2 aromatic carbocycles. The Morgan fingerprint density at radius 1 is 1.05 bits per heavy atom. The van der Waals surface area contributed by atoms with Gasteiger partial charge < -0.3 is 15.2 Å². The van der Waals surface area contributed by atoms with Crippen LogP contribution in [0.25, 0.3) is 10.2 Å². The lowest BCUT2D eigenvalue weighted by molar-refractivity contribution is 0.171. The van der Waals surface area contributed by atoms with Crippen LogP contribution in [0.4, 0.5) is 5.69 Å². The number of thiazole rings is 1. The zero-order valence-electron chi connectivity index (χ0n) is 11.0. The van der Waals surface area contributed by atoms with Gasteiger partial charge in [-0.1, -0.05) is 11.8 Å². The van der Waals surface area contributed by atoms with E-state index >= 15 is 0 Å². The molecule has 1 aromatic heterocycles. The third kappa shape index (κ3) is 2.52. The predicted molar refractivity (Wildman–Crippen MR) is 85.6 cm³/mol. The van der Waals surface area contributed by atoms with E-state index in [1.807, 2.05) is 36.4 Å². The fourth-order valence-electron chi connectivity index (χ4n) is 2.15. The van der Waals surface area contributed by atoms with Crippen LogP contribution in [-0.2, 0) is 0 Å². The Hall–Kier alpha value is -1.92. The van der Waals surface area contributed by atoms with Crippen molar-refractivity contribution in [1.82, 2.24) is 4.98 Å². The lowest BCUT2D eigenvalue weighted by atomic mass is 10.3. The molecule has 0 spiro atoms. The number of fused-ring (bicyclic) bond motifs is 2. The molecule has 1 aliphatic heterocycles. The Bertz CT molecular complexity index is 817. The molecule has 4 rings (SSSR count). The van der Waals surface area contributed by atoms with Crippen LogP contribution in [0.5, 0.6) is 11.5 Å². The maximum absolute atomic E-state index is 5.80. The van der Waals surface area contributed by atoms with E-state index in [1.165, 1.54) is 0 Å². The largest absolute Gasteiger partial charge is 0.486 e. The van der Waals surface area contributed by atoms with Crippen molar-refractivity contribution in [1.29, 1.82) is 0 Å². The molecule has 2 heterocycles. The van der Waals surface area contributed by atoms with Crippen LogP contribution in [0.1, 0.15) is 0 Å². The number of hydrogen-bond acceptors (Lipinski definition) is 6. The first-order valence-electron chi connectivity index (χ1n) is 6.51. The van der Waals surface area contributed by atoms with Gasteiger partial charge in [0, 0.05) is 10.6 Å². The molecule has 3 aromatic rings. The van der Waals surface area contributed by atoms with E-state index in [2.05, 4.69) is 4.98 Å². The first kappa shape index (κ1) is 12.8. The number of hydrogen-bond donors (Lipinski definition) is 1. The number of benzene rings is 2. The van der Waals surface area contributed by atoms with E-state index in [4.69, 9.17) is 15.2 Å². The van der Waals surface area contributed by atoms with Crippen molar-refractivity contribution in [2.75, 3.05) is 18.9 Å². The van der Waals surface area contributed by atoms with Crippen LogP contribution in [0.15, 0.2) is 45.6 Å². The molecule has 0 radical (unpaired) electrons. The maximum Gasteiger partial charge on any atom is 0.162 e. The number of rotatable bonds is 2. The van der Waals surface area contributed by atoms with Gasteiger partial charge in [-0.15, -0.1) is 11.3 Å². The van der Waals surface area contributed by atoms with E-state index in [9.17, 15) is 0 Å². The van der Waals surface area contributed by atoms with Gasteiger partial charge in [-0.3, -0.25) is 0 Å². The minimum atomic E-state index is 0.599. The molecule has 0 amide bonds. The van der Waals surface area contributed by atoms with Gasteiger partial charge in [0.2, 0.25) is 0 Å². The molecule has 0 saturated heterocycles. The van der Waals surface area contributed by atoms with Crippen molar-refractivity contribution in [2.24, 2.45) is 0 Å². The number of nitrogen functional groups attached to an aromatic ring is 1. The minimum Gasteiger partial charge on any atom is -0.486 e. The van der Waals surface area contributed by atoms with Gasteiger partial charge in [-0.25, -0.2) is 4.98 Å². The molecule has 21 heavy (non-hydrogen) atoms. The third-order valence-electron chi connectivity index (χ3n) is 3.11. The molecule has 4 nitrogen and oxygen atoms in total. The lowest BCUT2D eigenvalue weighted by Crippen LogP contribution is -2.15. The summed E-state index contributed by atoms with van der Waals surface area (Å²) in [5.41, 5.74) is 7.55. The molecular formula is C15H12N2O2S2. The Morgan fingerprint density at radius 2 is 1.90 bits per heavy atom. The second-order valence-electron chi connectivity index (χ2n) is 4.61. The third-order valence-corrected chi connectivity index (χ3v) is 5.18. The quantitative estimate of drug-likeness (QED) is 0.729. The topological polar surface area (TPSA) is 57.4 Å². The predicted octanol–water partition coefficient (Wildman–Crippen LogP) is 3.80. The van der Waals surface area contributed by atoms with Crippen LogP contribution in [0.3, 0.4) is 0 Å². The van der Waals surface area contributed by atoms with E-state index in [1.54, 1.807) is 23.1 Å². The molecule has 0 unspecified atom stereocenters. The molecule has 0 bridgehead atoms. The second kappa shape index (κ2) is 5.13. The monoisotopic (exact) mass is 316 g/mol. The summed E-state index contributed by atoms with van der Waals surface area (Å²) in [4.78, 5) is 5.70. The molecule has 106 valence electrons. The van der Waals surface area contributed by atoms with Crippen molar-refractivity contribution >= 4 is 39.0 Å². The Balaban J connectivity index is 1.64. The number of nitrogens with zero attached hydrogens (tertiary/aromatic N) is 1. The summed E-state index contributed by atoms with van der Waals surface area (Å²) >= 11 is 3.27. The maximum atomic E-state index is 5.80. The van der Waals surface area contributed by atoms with Crippen LogP contribution in [0, 0.1) is 0 Å². The highest BCUT2D eigenvalue weighted by molar-refractivity contribution is 8.01. The fraction of sp³-hybridized carbons (Fsp3) is 0.133. The van der Waals surface area contributed by atoms with Gasteiger partial charge in [0.25, 0.3) is 0 Å². The summed E-state index contributed by atoms with van der Waals surface area (Å²) < 4.78 is 13.2. The van der Waals surface area contributed by atoms with E-state index in [0.717, 1.165) is 36.6 Å². The van der Waals surface area contributed by atoms with Crippen molar-refractivity contribution in [3.05, 3.63) is 36.4 Å². The molecule has 0 aliphatic carbocycles. The number of anilines is 1. The van der Waals surface area contributed by atoms with Crippen molar-refractivity contribution in [3.8, 4) is 11.5 Å². The molecule has 0 saturated carbocycles. The highest BCUT2D eigenvalue weighted by Gasteiger charge is 2.13.